The summed E-state index contributed by atoms with van der Waals surface area (Å²) in [6.07, 6.45) is 2.56. The molecule has 0 atom stereocenters. The van der Waals surface area contributed by atoms with E-state index in [9.17, 15) is 13.2 Å². The fraction of sp³-hybridized carbons (Fsp3) is 0.160. The zero-order valence-electron chi connectivity index (χ0n) is 16.9. The number of fused-ring (bicyclic) bond motifs is 1. The van der Waals surface area contributed by atoms with Crippen LogP contribution < -0.4 is 0 Å². The van der Waals surface area contributed by atoms with E-state index >= 15 is 0 Å². The topological polar surface area (TPSA) is 70.2 Å². The summed E-state index contributed by atoms with van der Waals surface area (Å²) in [5.74, 6) is 0. The molecule has 31 heavy (non-hydrogen) atoms. The fourth-order valence-corrected chi connectivity index (χ4v) is 5.78. The third-order valence-electron chi connectivity index (χ3n) is 5.91. The molecule has 0 spiro atoms. The van der Waals surface area contributed by atoms with E-state index in [1.807, 2.05) is 42.5 Å². The Morgan fingerprint density at radius 3 is 2.13 bits per heavy atom. The third-order valence-corrected chi connectivity index (χ3v) is 7.81. The molecular weight excluding hydrogens is 408 g/mol. The van der Waals surface area contributed by atoms with Crippen molar-refractivity contribution in [2.75, 3.05) is 13.1 Å². The molecule has 5 nitrogen and oxygen atoms in total. The maximum Gasteiger partial charge on any atom is 0.243 e. The summed E-state index contributed by atoms with van der Waals surface area (Å²) in [6, 6.07) is 23.1. The number of carbonyl (C=O) groups is 1. The average molecular weight is 431 g/mol. The molecule has 1 saturated heterocycles. The lowest BCUT2D eigenvalue weighted by atomic mass is 10.0. The number of hydrogen-bond donors (Lipinski definition) is 1. The maximum absolute atomic E-state index is 13.0. The zero-order chi connectivity index (χ0) is 21.4. The number of sulfonamides is 1. The van der Waals surface area contributed by atoms with Crippen LogP contribution in [0.4, 0.5) is 0 Å². The number of aromatic nitrogens is 1. The second-order valence-corrected chi connectivity index (χ2v) is 9.73. The monoisotopic (exact) mass is 430 g/mol. The number of aromatic amines is 1. The number of carbonyl (C=O) groups excluding carboxylic acids is 1. The first-order valence-corrected chi connectivity index (χ1v) is 11.8. The molecule has 5 rings (SSSR count). The summed E-state index contributed by atoms with van der Waals surface area (Å²) in [5.41, 5.74) is 5.00. The van der Waals surface area contributed by atoms with Crippen LogP contribution in [0.25, 0.3) is 33.3 Å². The van der Waals surface area contributed by atoms with Gasteiger partial charge in [0.2, 0.25) is 10.0 Å². The summed E-state index contributed by atoms with van der Waals surface area (Å²) in [5, 5.41) is 0.623. The second kappa shape index (κ2) is 7.80. The molecule has 1 aliphatic rings. The Labute approximate surface area is 181 Å². The van der Waals surface area contributed by atoms with Gasteiger partial charge in [-0.15, -0.1) is 0 Å². The molecule has 1 fully saturated rings. The molecule has 1 aromatic heterocycles. The van der Waals surface area contributed by atoms with Crippen LogP contribution in [0.2, 0.25) is 0 Å². The third kappa shape index (κ3) is 3.48. The Balaban J connectivity index is 1.56. The van der Waals surface area contributed by atoms with E-state index in [1.165, 1.54) is 4.31 Å². The SMILES string of the molecule is O=Cc1c(-c2ccc(-c3ccccc3)cc2)[nH]c2ccc(S(=O)(=O)N3CCCC3)cc12. The lowest BCUT2D eigenvalue weighted by Crippen LogP contribution is -2.27. The fourth-order valence-electron chi connectivity index (χ4n) is 4.24. The highest BCUT2D eigenvalue weighted by atomic mass is 32.2. The number of nitrogens with zero attached hydrogens (tertiary/aromatic N) is 1. The van der Waals surface area contributed by atoms with Gasteiger partial charge in [-0.1, -0.05) is 54.6 Å². The molecular formula is C25H22N2O3S. The molecule has 1 aliphatic heterocycles. The van der Waals surface area contributed by atoms with Crippen LogP contribution >= 0.6 is 0 Å². The van der Waals surface area contributed by atoms with Crippen LogP contribution in [0.3, 0.4) is 0 Å². The van der Waals surface area contributed by atoms with Crippen molar-refractivity contribution in [2.24, 2.45) is 0 Å². The van der Waals surface area contributed by atoms with Gasteiger partial charge in [0, 0.05) is 29.6 Å². The van der Waals surface area contributed by atoms with Crippen molar-refractivity contribution in [3.8, 4) is 22.4 Å². The van der Waals surface area contributed by atoms with Gasteiger partial charge in [-0.25, -0.2) is 8.42 Å². The second-order valence-electron chi connectivity index (χ2n) is 7.79. The largest absolute Gasteiger partial charge is 0.354 e. The predicted molar refractivity (Wildman–Crippen MR) is 123 cm³/mol. The van der Waals surface area contributed by atoms with Crippen molar-refractivity contribution in [3.05, 3.63) is 78.4 Å². The number of H-pyrrole nitrogens is 1. The van der Waals surface area contributed by atoms with Crippen LogP contribution in [-0.4, -0.2) is 37.1 Å². The molecule has 1 N–H and O–H groups in total. The first kappa shape index (κ1) is 19.7. The summed E-state index contributed by atoms with van der Waals surface area (Å²) in [4.78, 5) is 15.5. The standard InChI is InChI=1S/C25H22N2O3S/c28-17-23-22-16-21(31(29,30)27-14-4-5-15-27)12-13-24(22)26-25(23)20-10-8-19(9-11-20)18-6-2-1-3-7-18/h1-3,6-13,16-17,26H,4-5,14-15H2. The van der Waals surface area contributed by atoms with Gasteiger partial charge in [-0.2, -0.15) is 4.31 Å². The van der Waals surface area contributed by atoms with Crippen LogP contribution in [0.15, 0.2) is 77.7 Å². The van der Waals surface area contributed by atoms with Crippen LogP contribution in [-0.2, 0) is 10.0 Å². The van der Waals surface area contributed by atoms with Crippen LogP contribution in [0.1, 0.15) is 23.2 Å². The molecule has 0 radical (unpaired) electrons. The van der Waals surface area contributed by atoms with Crippen molar-refractivity contribution in [1.82, 2.24) is 9.29 Å². The van der Waals surface area contributed by atoms with E-state index < -0.39 is 10.0 Å². The Bertz CT molecular complexity index is 1350. The lowest BCUT2D eigenvalue weighted by Gasteiger charge is -2.15. The minimum Gasteiger partial charge on any atom is -0.354 e. The molecule has 0 aliphatic carbocycles. The number of aldehydes is 1. The first-order valence-electron chi connectivity index (χ1n) is 10.3. The summed E-state index contributed by atoms with van der Waals surface area (Å²) >= 11 is 0. The van der Waals surface area contributed by atoms with E-state index in [0.29, 0.717) is 29.7 Å². The molecule has 0 unspecified atom stereocenters. The van der Waals surface area contributed by atoms with Gasteiger partial charge < -0.3 is 4.98 Å². The zero-order valence-corrected chi connectivity index (χ0v) is 17.7. The highest BCUT2D eigenvalue weighted by Crippen LogP contribution is 2.33. The highest BCUT2D eigenvalue weighted by molar-refractivity contribution is 7.89. The Hall–Kier alpha value is -3.22. The normalized spacial score (nSPS) is 14.8. The summed E-state index contributed by atoms with van der Waals surface area (Å²) < 4.78 is 27.4. The summed E-state index contributed by atoms with van der Waals surface area (Å²) in [6.45, 7) is 1.10. The van der Waals surface area contributed by atoms with Gasteiger partial charge in [-0.05, 0) is 47.7 Å². The lowest BCUT2D eigenvalue weighted by molar-refractivity contribution is 0.112. The smallest absolute Gasteiger partial charge is 0.243 e. The average Bonchev–Trinajstić information content (AvgIpc) is 3.48. The van der Waals surface area contributed by atoms with Gasteiger partial charge in [0.1, 0.15) is 0 Å². The first-order chi connectivity index (χ1) is 15.1. The minimum atomic E-state index is -3.54. The molecule has 0 bridgehead atoms. The Morgan fingerprint density at radius 1 is 0.806 bits per heavy atom. The molecule has 3 aromatic carbocycles. The maximum atomic E-state index is 13.0. The van der Waals surface area contributed by atoms with Gasteiger partial charge in [0.15, 0.2) is 6.29 Å². The van der Waals surface area contributed by atoms with E-state index in [1.54, 1.807) is 18.2 Å². The van der Waals surface area contributed by atoms with E-state index in [0.717, 1.165) is 41.3 Å². The van der Waals surface area contributed by atoms with Crippen LogP contribution in [0, 0.1) is 0 Å². The van der Waals surface area contributed by atoms with Crippen molar-refractivity contribution in [3.63, 3.8) is 0 Å². The Morgan fingerprint density at radius 2 is 1.45 bits per heavy atom. The minimum absolute atomic E-state index is 0.231. The van der Waals surface area contributed by atoms with E-state index in [4.69, 9.17) is 0 Å². The van der Waals surface area contributed by atoms with Gasteiger partial charge in [0.25, 0.3) is 0 Å². The van der Waals surface area contributed by atoms with E-state index in [-0.39, 0.29) is 4.90 Å². The molecule has 4 aromatic rings. The van der Waals surface area contributed by atoms with E-state index in [2.05, 4.69) is 17.1 Å². The number of benzene rings is 3. The molecule has 2 heterocycles. The Kier molecular flexibility index (Phi) is 4.96. The number of hydrogen-bond acceptors (Lipinski definition) is 3. The molecule has 0 saturated carbocycles. The number of rotatable bonds is 5. The quantitative estimate of drug-likeness (QED) is 0.448. The molecule has 0 amide bonds. The van der Waals surface area contributed by atoms with Gasteiger partial charge >= 0.3 is 0 Å². The molecule has 6 heteroatoms. The van der Waals surface area contributed by atoms with Crippen molar-refractivity contribution in [1.29, 1.82) is 0 Å². The van der Waals surface area contributed by atoms with Gasteiger partial charge in [0.05, 0.1) is 10.6 Å². The molecule has 156 valence electrons. The van der Waals surface area contributed by atoms with Crippen molar-refractivity contribution >= 4 is 27.2 Å². The van der Waals surface area contributed by atoms with Crippen LogP contribution in [0.5, 0.6) is 0 Å². The summed E-state index contributed by atoms with van der Waals surface area (Å²) in [7, 11) is -3.54. The highest BCUT2D eigenvalue weighted by Gasteiger charge is 2.28. The van der Waals surface area contributed by atoms with Crippen molar-refractivity contribution < 1.29 is 13.2 Å². The van der Waals surface area contributed by atoms with Crippen molar-refractivity contribution in [2.45, 2.75) is 17.7 Å². The number of nitrogens with one attached hydrogen (secondary N) is 1. The van der Waals surface area contributed by atoms with Gasteiger partial charge in [-0.3, -0.25) is 4.79 Å². The predicted octanol–water partition coefficient (Wildman–Crippen LogP) is 5.10.